The molecule has 2 aromatic carbocycles. The van der Waals surface area contributed by atoms with Gasteiger partial charge in [-0.05, 0) is 55.2 Å². The van der Waals surface area contributed by atoms with Crippen molar-refractivity contribution in [2.45, 2.75) is 26.7 Å². The van der Waals surface area contributed by atoms with Gasteiger partial charge in [0.05, 0.1) is 0 Å². The molecule has 0 aromatic heterocycles. The summed E-state index contributed by atoms with van der Waals surface area (Å²) in [7, 11) is 0. The van der Waals surface area contributed by atoms with Crippen LogP contribution in [-0.2, 0) is 16.0 Å². The standard InChI is InChI=1S/C20H22N2O3/c1-14-5-3-7-18(11-14)25-13-20(24)21-17-9-8-16-6-4-10-22(15(2)23)19(16)12-17/h3,5,7-9,11-12H,4,6,10,13H2,1-2H3,(H,21,24). The van der Waals surface area contributed by atoms with Gasteiger partial charge in [-0.15, -0.1) is 0 Å². The van der Waals surface area contributed by atoms with Gasteiger partial charge in [0.25, 0.3) is 5.91 Å². The minimum Gasteiger partial charge on any atom is -0.484 e. The number of nitrogens with zero attached hydrogens (tertiary/aromatic N) is 1. The van der Waals surface area contributed by atoms with Crippen LogP contribution in [0.1, 0.15) is 24.5 Å². The predicted octanol–water partition coefficient (Wildman–Crippen LogP) is 3.31. The quantitative estimate of drug-likeness (QED) is 0.930. The molecule has 0 bridgehead atoms. The van der Waals surface area contributed by atoms with Crippen molar-refractivity contribution in [3.8, 4) is 5.75 Å². The summed E-state index contributed by atoms with van der Waals surface area (Å²) in [4.78, 5) is 25.7. The molecule has 5 nitrogen and oxygen atoms in total. The Bertz CT molecular complexity index is 801. The molecule has 1 N–H and O–H groups in total. The number of rotatable bonds is 4. The number of ether oxygens (including phenoxy) is 1. The fraction of sp³-hybridized carbons (Fsp3) is 0.300. The fourth-order valence-electron chi connectivity index (χ4n) is 3.03. The maximum atomic E-state index is 12.1. The first-order valence-corrected chi connectivity index (χ1v) is 8.43. The van der Waals surface area contributed by atoms with Crippen LogP contribution in [0.25, 0.3) is 0 Å². The van der Waals surface area contributed by atoms with E-state index in [2.05, 4.69) is 5.32 Å². The molecule has 0 aliphatic carbocycles. The zero-order valence-electron chi connectivity index (χ0n) is 14.5. The van der Waals surface area contributed by atoms with E-state index in [1.165, 1.54) is 0 Å². The lowest BCUT2D eigenvalue weighted by Crippen LogP contribution is -2.33. The van der Waals surface area contributed by atoms with Gasteiger partial charge >= 0.3 is 0 Å². The molecular formula is C20H22N2O3. The van der Waals surface area contributed by atoms with Gasteiger partial charge in [-0.1, -0.05) is 18.2 Å². The van der Waals surface area contributed by atoms with Crippen LogP contribution in [0.5, 0.6) is 5.75 Å². The number of fused-ring (bicyclic) bond motifs is 1. The normalized spacial score (nSPS) is 13.1. The van der Waals surface area contributed by atoms with Crippen LogP contribution in [0.15, 0.2) is 42.5 Å². The molecule has 2 amide bonds. The van der Waals surface area contributed by atoms with Gasteiger partial charge in [0.15, 0.2) is 6.61 Å². The Kier molecular flexibility index (Phi) is 5.03. The zero-order valence-corrected chi connectivity index (χ0v) is 14.5. The van der Waals surface area contributed by atoms with Crippen molar-refractivity contribution < 1.29 is 14.3 Å². The minimum absolute atomic E-state index is 0.0206. The number of carbonyl (C=O) groups is 2. The van der Waals surface area contributed by atoms with E-state index in [1.54, 1.807) is 11.8 Å². The Morgan fingerprint density at radius 2 is 2.04 bits per heavy atom. The summed E-state index contributed by atoms with van der Waals surface area (Å²) < 4.78 is 5.52. The summed E-state index contributed by atoms with van der Waals surface area (Å²) in [5.74, 6) is 0.460. The predicted molar refractivity (Wildman–Crippen MR) is 98.1 cm³/mol. The first kappa shape index (κ1) is 17.0. The van der Waals surface area contributed by atoms with Crippen LogP contribution < -0.4 is 15.0 Å². The van der Waals surface area contributed by atoms with Gasteiger partial charge in [-0.2, -0.15) is 0 Å². The molecule has 5 heteroatoms. The number of carbonyl (C=O) groups excluding carboxylic acids is 2. The lowest BCUT2D eigenvalue weighted by Gasteiger charge is -2.29. The van der Waals surface area contributed by atoms with Crippen molar-refractivity contribution in [1.82, 2.24) is 0 Å². The monoisotopic (exact) mass is 338 g/mol. The van der Waals surface area contributed by atoms with Crippen LogP contribution in [0.3, 0.4) is 0 Å². The topological polar surface area (TPSA) is 58.6 Å². The highest BCUT2D eigenvalue weighted by Crippen LogP contribution is 2.30. The van der Waals surface area contributed by atoms with Crippen molar-refractivity contribution in [1.29, 1.82) is 0 Å². The van der Waals surface area contributed by atoms with E-state index in [0.29, 0.717) is 11.4 Å². The van der Waals surface area contributed by atoms with Crippen molar-refractivity contribution in [3.05, 3.63) is 53.6 Å². The third-order valence-electron chi connectivity index (χ3n) is 4.23. The Morgan fingerprint density at radius 1 is 1.20 bits per heavy atom. The SMILES string of the molecule is CC(=O)N1CCCc2ccc(NC(=O)COc3cccc(C)c3)cc21. The summed E-state index contributed by atoms with van der Waals surface area (Å²) in [6, 6.07) is 13.3. The van der Waals surface area contributed by atoms with E-state index >= 15 is 0 Å². The number of anilines is 2. The lowest BCUT2D eigenvalue weighted by atomic mass is 10.0. The largest absolute Gasteiger partial charge is 0.484 e. The molecule has 2 aromatic rings. The second kappa shape index (κ2) is 7.38. The highest BCUT2D eigenvalue weighted by atomic mass is 16.5. The number of hydrogen-bond acceptors (Lipinski definition) is 3. The first-order valence-electron chi connectivity index (χ1n) is 8.43. The molecule has 0 saturated heterocycles. The maximum Gasteiger partial charge on any atom is 0.262 e. The molecule has 0 radical (unpaired) electrons. The fourth-order valence-corrected chi connectivity index (χ4v) is 3.03. The van der Waals surface area contributed by atoms with Crippen molar-refractivity contribution in [2.75, 3.05) is 23.4 Å². The van der Waals surface area contributed by atoms with Crippen LogP contribution >= 0.6 is 0 Å². The Labute approximate surface area is 147 Å². The Morgan fingerprint density at radius 3 is 2.80 bits per heavy atom. The molecule has 1 aliphatic heterocycles. The van der Waals surface area contributed by atoms with Gasteiger partial charge in [-0.3, -0.25) is 9.59 Å². The van der Waals surface area contributed by atoms with Gasteiger partial charge in [0.2, 0.25) is 5.91 Å². The van der Waals surface area contributed by atoms with Crippen LogP contribution in [0.2, 0.25) is 0 Å². The third-order valence-corrected chi connectivity index (χ3v) is 4.23. The Balaban J connectivity index is 1.65. The van der Waals surface area contributed by atoms with Crippen molar-refractivity contribution in [2.24, 2.45) is 0 Å². The molecule has 0 saturated carbocycles. The van der Waals surface area contributed by atoms with Crippen molar-refractivity contribution >= 4 is 23.2 Å². The summed E-state index contributed by atoms with van der Waals surface area (Å²) in [6.07, 6.45) is 1.91. The van der Waals surface area contributed by atoms with E-state index in [4.69, 9.17) is 4.74 Å². The van der Waals surface area contributed by atoms with E-state index in [0.717, 1.165) is 36.2 Å². The van der Waals surface area contributed by atoms with E-state index in [-0.39, 0.29) is 18.4 Å². The average molecular weight is 338 g/mol. The van der Waals surface area contributed by atoms with Crippen LogP contribution in [0.4, 0.5) is 11.4 Å². The first-order chi connectivity index (χ1) is 12.0. The van der Waals surface area contributed by atoms with E-state index in [1.807, 2.05) is 49.4 Å². The molecule has 0 spiro atoms. The molecule has 0 unspecified atom stereocenters. The number of hydrogen-bond donors (Lipinski definition) is 1. The van der Waals surface area contributed by atoms with Gasteiger partial charge in [0, 0.05) is 24.8 Å². The molecule has 25 heavy (non-hydrogen) atoms. The summed E-state index contributed by atoms with van der Waals surface area (Å²) in [5.41, 5.74) is 3.77. The van der Waals surface area contributed by atoms with E-state index < -0.39 is 0 Å². The molecular weight excluding hydrogens is 316 g/mol. The van der Waals surface area contributed by atoms with Crippen LogP contribution in [-0.4, -0.2) is 25.0 Å². The van der Waals surface area contributed by atoms with Gasteiger partial charge in [0.1, 0.15) is 5.75 Å². The smallest absolute Gasteiger partial charge is 0.262 e. The highest BCUT2D eigenvalue weighted by Gasteiger charge is 2.20. The second-order valence-corrected chi connectivity index (χ2v) is 6.27. The average Bonchev–Trinajstić information content (AvgIpc) is 2.59. The minimum atomic E-state index is -0.230. The van der Waals surface area contributed by atoms with Gasteiger partial charge in [-0.25, -0.2) is 0 Å². The van der Waals surface area contributed by atoms with Crippen molar-refractivity contribution in [3.63, 3.8) is 0 Å². The maximum absolute atomic E-state index is 12.1. The lowest BCUT2D eigenvalue weighted by molar-refractivity contribution is -0.118. The molecule has 130 valence electrons. The number of amides is 2. The number of aryl methyl sites for hydroxylation is 2. The molecule has 1 heterocycles. The number of benzene rings is 2. The zero-order chi connectivity index (χ0) is 17.8. The Hall–Kier alpha value is -2.82. The number of nitrogens with one attached hydrogen (secondary N) is 1. The second-order valence-electron chi connectivity index (χ2n) is 6.27. The summed E-state index contributed by atoms with van der Waals surface area (Å²) in [6.45, 7) is 4.20. The molecule has 1 aliphatic rings. The van der Waals surface area contributed by atoms with E-state index in [9.17, 15) is 9.59 Å². The molecule has 0 fully saturated rings. The van der Waals surface area contributed by atoms with Gasteiger partial charge < -0.3 is 15.0 Å². The van der Waals surface area contributed by atoms with Crippen LogP contribution in [0, 0.1) is 6.92 Å². The summed E-state index contributed by atoms with van der Waals surface area (Å²) in [5, 5.41) is 2.83. The third kappa shape index (κ3) is 4.18. The molecule has 3 rings (SSSR count). The summed E-state index contributed by atoms with van der Waals surface area (Å²) >= 11 is 0. The molecule has 0 atom stereocenters. The highest BCUT2D eigenvalue weighted by molar-refractivity contribution is 5.96.